The molecule has 5 rings (SSSR count). The van der Waals surface area contributed by atoms with Gasteiger partial charge >= 0.3 is 0 Å². The summed E-state index contributed by atoms with van der Waals surface area (Å²) in [6, 6.07) is 17.7. The highest BCUT2D eigenvalue weighted by Crippen LogP contribution is 2.33. The van der Waals surface area contributed by atoms with Gasteiger partial charge < -0.3 is 9.47 Å². The van der Waals surface area contributed by atoms with Crippen LogP contribution in [-0.2, 0) is 6.42 Å². The van der Waals surface area contributed by atoms with Crippen molar-refractivity contribution in [3.63, 3.8) is 0 Å². The number of hydrogen-bond acceptors (Lipinski definition) is 3. The third-order valence-electron chi connectivity index (χ3n) is 6.63. The van der Waals surface area contributed by atoms with Crippen molar-refractivity contribution in [1.29, 1.82) is 0 Å². The monoisotopic (exact) mass is 453 g/mol. The van der Waals surface area contributed by atoms with Gasteiger partial charge in [0.05, 0.1) is 0 Å². The van der Waals surface area contributed by atoms with Crippen molar-refractivity contribution in [2.75, 3.05) is 19.6 Å². The summed E-state index contributed by atoms with van der Waals surface area (Å²) >= 11 is 0. The first-order valence-corrected chi connectivity index (χ1v) is 11.4. The van der Waals surface area contributed by atoms with Crippen LogP contribution in [0.1, 0.15) is 36.3 Å². The molecule has 6 heteroatoms. The molecule has 0 saturated carbocycles. The highest BCUT2D eigenvalue weighted by atomic mass is 19.2. The smallest absolute Gasteiger partial charge is 0.204 e. The van der Waals surface area contributed by atoms with E-state index in [1.807, 2.05) is 18.2 Å². The molecule has 3 nitrogen and oxygen atoms in total. The number of aryl methyl sites for hydroxylation is 1. The number of benzene rings is 3. The first-order valence-electron chi connectivity index (χ1n) is 11.4. The molecule has 1 fully saturated rings. The lowest BCUT2D eigenvalue weighted by molar-refractivity contribution is 0.0990. The van der Waals surface area contributed by atoms with Gasteiger partial charge in [-0.1, -0.05) is 30.3 Å². The molecule has 2 aliphatic rings. The first kappa shape index (κ1) is 21.8. The fraction of sp³-hybridized carbons (Fsp3) is 0.333. The zero-order valence-corrected chi connectivity index (χ0v) is 18.3. The topological polar surface area (TPSA) is 21.7 Å². The Hall–Kier alpha value is -2.99. The molecular formula is C27H26F3NO2. The van der Waals surface area contributed by atoms with Crippen LogP contribution in [0.4, 0.5) is 13.2 Å². The molecule has 0 bridgehead atoms. The van der Waals surface area contributed by atoms with E-state index in [4.69, 9.17) is 9.47 Å². The third-order valence-corrected chi connectivity index (χ3v) is 6.63. The average Bonchev–Trinajstić information content (AvgIpc) is 2.85. The number of likely N-dealkylation sites (tertiary alicyclic amines) is 1. The summed E-state index contributed by atoms with van der Waals surface area (Å²) in [6.07, 6.45) is 4.48. The van der Waals surface area contributed by atoms with Gasteiger partial charge in [-0.05, 0) is 86.1 Å². The maximum atomic E-state index is 13.8. The summed E-state index contributed by atoms with van der Waals surface area (Å²) in [7, 11) is 0. The van der Waals surface area contributed by atoms with E-state index < -0.39 is 17.5 Å². The Morgan fingerprint density at radius 3 is 2.39 bits per heavy atom. The largest absolute Gasteiger partial charge is 0.489 e. The molecule has 1 saturated heterocycles. The molecule has 2 aliphatic heterocycles. The molecule has 0 radical (unpaired) electrons. The van der Waals surface area contributed by atoms with Gasteiger partial charge in [-0.2, -0.15) is 4.39 Å². The Morgan fingerprint density at radius 1 is 0.848 bits per heavy atom. The number of fused-ring (bicyclic) bond motifs is 1. The van der Waals surface area contributed by atoms with Crippen molar-refractivity contribution in [3.8, 4) is 17.2 Å². The summed E-state index contributed by atoms with van der Waals surface area (Å²) in [5.41, 5.74) is 2.50. The second-order valence-electron chi connectivity index (χ2n) is 8.81. The van der Waals surface area contributed by atoms with Crippen molar-refractivity contribution in [2.24, 2.45) is 0 Å². The molecule has 3 aromatic carbocycles. The predicted octanol–water partition coefficient (Wildman–Crippen LogP) is 6.47. The number of halogens is 3. The number of rotatable bonds is 5. The van der Waals surface area contributed by atoms with Crippen LogP contribution < -0.4 is 9.47 Å². The number of ether oxygens (including phenoxy) is 2. The summed E-state index contributed by atoms with van der Waals surface area (Å²) in [6.45, 7) is 2.99. The van der Waals surface area contributed by atoms with E-state index in [9.17, 15) is 13.2 Å². The van der Waals surface area contributed by atoms with Crippen LogP contribution in [0, 0.1) is 17.5 Å². The molecule has 172 valence electrons. The molecule has 0 spiro atoms. The molecule has 2 heterocycles. The van der Waals surface area contributed by atoms with Crippen LogP contribution in [0.3, 0.4) is 0 Å². The van der Waals surface area contributed by atoms with E-state index in [0.29, 0.717) is 11.7 Å². The van der Waals surface area contributed by atoms with Crippen LogP contribution in [0.2, 0.25) is 0 Å². The Morgan fingerprint density at radius 2 is 1.61 bits per heavy atom. The van der Waals surface area contributed by atoms with Gasteiger partial charge in [0.2, 0.25) is 5.82 Å². The third kappa shape index (κ3) is 4.86. The maximum Gasteiger partial charge on any atom is 0.204 e. The van der Waals surface area contributed by atoms with E-state index in [-0.39, 0.29) is 11.9 Å². The van der Waals surface area contributed by atoms with E-state index in [2.05, 4.69) is 23.1 Å². The molecule has 0 aliphatic carbocycles. The Labute approximate surface area is 191 Å². The molecule has 0 N–H and O–H groups in total. The van der Waals surface area contributed by atoms with Gasteiger partial charge in [0.15, 0.2) is 17.4 Å². The van der Waals surface area contributed by atoms with Crippen LogP contribution in [0.15, 0.2) is 60.7 Å². The molecule has 1 unspecified atom stereocenters. The second-order valence-corrected chi connectivity index (χ2v) is 8.81. The van der Waals surface area contributed by atoms with Crippen LogP contribution in [0.5, 0.6) is 17.2 Å². The van der Waals surface area contributed by atoms with E-state index in [1.165, 1.54) is 11.1 Å². The Bertz CT molecular complexity index is 1110. The van der Waals surface area contributed by atoms with Crippen molar-refractivity contribution in [3.05, 3.63) is 89.2 Å². The molecule has 0 amide bonds. The standard InChI is InChI=1S/C27H26F3NO2/c28-23-11-12-25(27(30)26(23)29)32-21-8-5-18(6-9-21)19-13-15-31(16-14-19)17-22-10-7-20-3-1-2-4-24(20)33-22/h1-6,8-9,11-12,19,22H,7,10,13-17H2. The zero-order valence-electron chi connectivity index (χ0n) is 18.3. The van der Waals surface area contributed by atoms with Gasteiger partial charge in [0.25, 0.3) is 0 Å². The summed E-state index contributed by atoms with van der Waals surface area (Å²) < 4.78 is 52.0. The van der Waals surface area contributed by atoms with Crippen molar-refractivity contribution in [1.82, 2.24) is 4.90 Å². The first-order chi connectivity index (χ1) is 16.1. The maximum absolute atomic E-state index is 13.8. The van der Waals surface area contributed by atoms with E-state index in [0.717, 1.165) is 63.2 Å². The Balaban J connectivity index is 1.14. The molecule has 3 aromatic rings. The number of piperidine rings is 1. The number of para-hydroxylation sites is 1. The lowest BCUT2D eigenvalue weighted by Gasteiger charge is -2.36. The van der Waals surface area contributed by atoms with Crippen molar-refractivity contribution in [2.45, 2.75) is 37.7 Å². The summed E-state index contributed by atoms with van der Waals surface area (Å²) in [5.74, 6) is -2.56. The van der Waals surface area contributed by atoms with Gasteiger partial charge in [-0.25, -0.2) is 8.78 Å². The SMILES string of the molecule is Fc1ccc(Oc2ccc(C3CCN(CC4CCc5ccccc5O4)CC3)cc2)c(F)c1F. The van der Waals surface area contributed by atoms with Crippen molar-refractivity contribution < 1.29 is 22.6 Å². The van der Waals surface area contributed by atoms with Crippen LogP contribution >= 0.6 is 0 Å². The van der Waals surface area contributed by atoms with Crippen LogP contribution in [0.25, 0.3) is 0 Å². The molecular weight excluding hydrogens is 427 g/mol. The van der Waals surface area contributed by atoms with Gasteiger partial charge in [-0.3, -0.25) is 4.90 Å². The lowest BCUT2D eigenvalue weighted by Crippen LogP contribution is -2.41. The van der Waals surface area contributed by atoms with E-state index in [1.54, 1.807) is 12.1 Å². The lowest BCUT2D eigenvalue weighted by atomic mass is 9.89. The normalized spacial score (nSPS) is 19.1. The van der Waals surface area contributed by atoms with Gasteiger partial charge in [-0.15, -0.1) is 0 Å². The van der Waals surface area contributed by atoms with Gasteiger partial charge in [0, 0.05) is 6.54 Å². The molecule has 1 atom stereocenters. The molecule has 33 heavy (non-hydrogen) atoms. The second kappa shape index (κ2) is 9.48. The highest BCUT2D eigenvalue weighted by molar-refractivity contribution is 5.36. The minimum atomic E-state index is -1.53. The average molecular weight is 454 g/mol. The number of nitrogens with zero attached hydrogens (tertiary/aromatic N) is 1. The minimum Gasteiger partial charge on any atom is -0.489 e. The zero-order chi connectivity index (χ0) is 22.8. The predicted molar refractivity (Wildman–Crippen MR) is 120 cm³/mol. The summed E-state index contributed by atoms with van der Waals surface area (Å²) in [4.78, 5) is 2.48. The Kier molecular flexibility index (Phi) is 6.27. The van der Waals surface area contributed by atoms with Crippen molar-refractivity contribution >= 4 is 0 Å². The summed E-state index contributed by atoms with van der Waals surface area (Å²) in [5, 5.41) is 0. The van der Waals surface area contributed by atoms with E-state index >= 15 is 0 Å². The fourth-order valence-electron chi connectivity index (χ4n) is 4.77. The minimum absolute atomic E-state index is 0.240. The quantitative estimate of drug-likeness (QED) is 0.413. The fourth-order valence-corrected chi connectivity index (χ4v) is 4.77. The number of hydrogen-bond donors (Lipinski definition) is 0. The molecule has 0 aromatic heterocycles. The highest BCUT2D eigenvalue weighted by Gasteiger charge is 2.26. The van der Waals surface area contributed by atoms with Gasteiger partial charge in [0.1, 0.15) is 17.6 Å². The van der Waals surface area contributed by atoms with Crippen LogP contribution in [-0.4, -0.2) is 30.6 Å².